The lowest BCUT2D eigenvalue weighted by Gasteiger charge is -2.26. The first-order chi connectivity index (χ1) is 38.8. The molecular formula is C52H76N18O5S6. The predicted molar refractivity (Wildman–Crippen MR) is 339 cm³/mol. The van der Waals surface area contributed by atoms with Crippen molar-refractivity contribution in [2.75, 3.05) is 82.7 Å². The Labute approximate surface area is 498 Å². The number of hydrogen-bond acceptors (Lipinski definition) is 20. The van der Waals surface area contributed by atoms with E-state index in [0.717, 1.165) is 156 Å². The number of imidazole rings is 1. The molecule has 0 aromatic carbocycles. The van der Waals surface area contributed by atoms with Gasteiger partial charge in [0.2, 0.25) is 0 Å². The van der Waals surface area contributed by atoms with Crippen molar-refractivity contribution >= 4 is 116 Å². The van der Waals surface area contributed by atoms with Crippen LogP contribution in [0.5, 0.6) is 0 Å². The smallest absolute Gasteiger partial charge is 0.330 e. The highest BCUT2D eigenvalue weighted by Crippen LogP contribution is 2.33. The van der Waals surface area contributed by atoms with Crippen LogP contribution in [0.4, 0.5) is 17.5 Å². The lowest BCUT2D eigenvalue weighted by atomic mass is 10.0. The van der Waals surface area contributed by atoms with E-state index in [1.807, 2.05) is 16.3 Å². The van der Waals surface area contributed by atoms with Crippen LogP contribution < -0.4 is 50.0 Å². The first-order valence-electron chi connectivity index (χ1n) is 27.4. The SMILES string of the molecule is Cn1c(=S)c2c(ncn2CCCN)n(C)c1=O.Cn1c2c(c(=O)n(C)c1=O)CC(SCC1CCNCC1)=N2.Cn1c2c(c(=S)n(C)c1=O)CC(SCC1CCNCC1)=N2.Cn1c2c(c(=S)n(C)c1=O)CC(SCCN1CCNCC1)=N2. The number of thioether (sulfide) groups is 3. The van der Waals surface area contributed by atoms with E-state index in [2.05, 4.69) is 40.8 Å². The van der Waals surface area contributed by atoms with Gasteiger partial charge in [0.05, 0.1) is 27.0 Å². The van der Waals surface area contributed by atoms with Gasteiger partial charge in [-0.25, -0.2) is 39.1 Å². The van der Waals surface area contributed by atoms with Crippen LogP contribution in [0.25, 0.3) is 11.2 Å². The van der Waals surface area contributed by atoms with Gasteiger partial charge in [0.15, 0.2) is 5.65 Å². The summed E-state index contributed by atoms with van der Waals surface area (Å²) in [6.07, 6.45) is 9.53. The van der Waals surface area contributed by atoms with E-state index in [0.29, 0.717) is 49.8 Å². The molecule has 0 atom stereocenters. The van der Waals surface area contributed by atoms with E-state index in [1.54, 1.807) is 88.3 Å². The summed E-state index contributed by atoms with van der Waals surface area (Å²) in [5, 5.41) is 13.2. The Balaban J connectivity index is 0.000000142. The summed E-state index contributed by atoms with van der Waals surface area (Å²) < 4.78 is 15.5. The molecule has 11 heterocycles. The van der Waals surface area contributed by atoms with E-state index in [-0.39, 0.29) is 28.3 Å². The minimum absolute atomic E-state index is 0.105. The lowest BCUT2D eigenvalue weighted by molar-refractivity contribution is 0.255. The van der Waals surface area contributed by atoms with Crippen LogP contribution >= 0.6 is 71.9 Å². The number of nitrogens with two attached hydrogens (primary N) is 1. The molecule has 5 aromatic heterocycles. The Morgan fingerprint density at radius 1 is 0.531 bits per heavy atom. The summed E-state index contributed by atoms with van der Waals surface area (Å²) in [6, 6.07) is 0. The number of aromatic nitrogens is 10. The van der Waals surface area contributed by atoms with Gasteiger partial charge in [0.25, 0.3) is 5.56 Å². The molecule has 11 rings (SSSR count). The van der Waals surface area contributed by atoms with Crippen LogP contribution in [0.15, 0.2) is 45.3 Å². The molecule has 0 bridgehead atoms. The number of piperazine rings is 1. The minimum atomic E-state index is -0.313. The number of nitrogens with one attached hydrogen (secondary N) is 3. The number of aryl methyl sites for hydroxylation is 2. The largest absolute Gasteiger partial charge is 0.332 e. The third kappa shape index (κ3) is 14.3. The number of rotatable bonds is 10. The Kier molecular flexibility index (Phi) is 21.8. The van der Waals surface area contributed by atoms with Crippen molar-refractivity contribution in [2.24, 2.45) is 88.9 Å². The van der Waals surface area contributed by atoms with Crippen LogP contribution in [0.2, 0.25) is 0 Å². The molecule has 3 saturated heterocycles. The molecule has 0 amide bonds. The van der Waals surface area contributed by atoms with Crippen molar-refractivity contribution in [3.8, 4) is 0 Å². The zero-order valence-electron chi connectivity index (χ0n) is 47.6. The monoisotopic (exact) mass is 1220 g/mol. The molecule has 5 aromatic rings. The normalized spacial score (nSPS) is 17.0. The Morgan fingerprint density at radius 2 is 0.951 bits per heavy atom. The van der Waals surface area contributed by atoms with Gasteiger partial charge in [-0.15, -0.1) is 35.3 Å². The molecule has 23 nitrogen and oxygen atoms in total. The van der Waals surface area contributed by atoms with Crippen LogP contribution in [0.1, 0.15) is 48.8 Å². The van der Waals surface area contributed by atoms with Crippen molar-refractivity contribution in [3.05, 3.63) is 89.2 Å². The third-order valence-corrected chi connectivity index (χ3v) is 20.3. The van der Waals surface area contributed by atoms with Crippen molar-refractivity contribution in [1.29, 1.82) is 0 Å². The molecule has 29 heteroatoms. The Bertz CT molecular complexity index is 3630. The molecule has 0 spiro atoms. The van der Waals surface area contributed by atoms with Gasteiger partial charge in [0.1, 0.15) is 36.9 Å². The zero-order chi connectivity index (χ0) is 58.2. The fourth-order valence-corrected chi connectivity index (χ4v) is 14.4. The molecule has 0 unspecified atom stereocenters. The molecule has 5 N–H and O–H groups in total. The molecular weight excluding hydrogens is 1150 g/mol. The fourth-order valence-electron chi connectivity index (χ4n) is 10.4. The van der Waals surface area contributed by atoms with E-state index >= 15 is 0 Å². The van der Waals surface area contributed by atoms with E-state index in [4.69, 9.17) is 42.4 Å². The van der Waals surface area contributed by atoms with Crippen LogP contribution in [-0.2, 0) is 82.2 Å². The highest BCUT2D eigenvalue weighted by atomic mass is 32.2. The standard InChI is InChI=1S/C14H21N5OS2.C14H20N4O2S.C14H20N4OS2.C10H15N5OS/c1-17-12-10(13(21)18(2)14(17)20)9-11(16-12)22-8-7-19-5-3-15-4-6-19;1-17-12-10(13(19)18(2)14(17)20)7-11(16-12)21-8-9-3-5-15-6-4-9;1-17-12-10(13(20)18(2)14(17)19)7-11(16-12)21-8-9-3-5-15-6-4-9;1-13-8-7(9(17)14(2)10(13)16)15(6-12-8)5-3-4-11/h15H,3-9H2,1-2H3;2*9,15H,3-8H2,1-2H3;6H,3-5,11H2,1-2H3. The topological polar surface area (TPSA) is 245 Å². The maximum absolute atomic E-state index is 12.1. The summed E-state index contributed by atoms with van der Waals surface area (Å²) in [6.45, 7) is 11.3. The van der Waals surface area contributed by atoms with Gasteiger partial charge < -0.3 is 26.3 Å². The summed E-state index contributed by atoms with van der Waals surface area (Å²) >= 11 is 21.4. The average Bonchev–Trinajstić information content (AvgIpc) is 4.36. The van der Waals surface area contributed by atoms with E-state index in [1.165, 1.54) is 55.6 Å². The maximum atomic E-state index is 12.1. The number of piperidine rings is 2. The second-order valence-corrected chi connectivity index (χ2v) is 25.5. The molecule has 0 radical (unpaired) electrons. The molecule has 3 fully saturated rings. The lowest BCUT2D eigenvalue weighted by Crippen LogP contribution is -2.44. The van der Waals surface area contributed by atoms with Crippen molar-refractivity contribution in [2.45, 2.75) is 57.9 Å². The zero-order valence-corrected chi connectivity index (χ0v) is 52.5. The maximum Gasteiger partial charge on any atom is 0.332 e. The van der Waals surface area contributed by atoms with E-state index < -0.39 is 0 Å². The summed E-state index contributed by atoms with van der Waals surface area (Å²) in [5.41, 5.74) is 8.69. The number of nitrogens with zero attached hydrogens (tertiary/aromatic N) is 14. The van der Waals surface area contributed by atoms with Crippen LogP contribution in [0.3, 0.4) is 0 Å². The minimum Gasteiger partial charge on any atom is -0.330 e. The predicted octanol–water partition coefficient (Wildman–Crippen LogP) is 3.00. The van der Waals surface area contributed by atoms with Gasteiger partial charge in [-0.2, -0.15) is 0 Å². The van der Waals surface area contributed by atoms with E-state index in [9.17, 15) is 24.0 Å². The summed E-state index contributed by atoms with van der Waals surface area (Å²) in [7, 11) is 13.5. The second kappa shape index (κ2) is 28.3. The first kappa shape index (κ1) is 62.4. The van der Waals surface area contributed by atoms with Gasteiger partial charge in [-0.3, -0.25) is 46.2 Å². The summed E-state index contributed by atoms with van der Waals surface area (Å²) in [5.74, 6) is 6.69. The van der Waals surface area contributed by atoms with Gasteiger partial charge >= 0.3 is 22.8 Å². The molecule has 0 aliphatic carbocycles. The number of hydrogen-bond donors (Lipinski definition) is 4. The number of fused-ring (bicyclic) bond motifs is 4. The van der Waals surface area contributed by atoms with Gasteiger partial charge in [-0.05, 0) is 76.7 Å². The quantitative estimate of drug-likeness (QED) is 0.147. The van der Waals surface area contributed by atoms with Gasteiger partial charge in [-0.1, -0.05) is 36.7 Å². The van der Waals surface area contributed by atoms with Crippen LogP contribution in [0, 0.1) is 25.8 Å². The summed E-state index contributed by atoms with van der Waals surface area (Å²) in [4.78, 5) is 80.4. The van der Waals surface area contributed by atoms with Gasteiger partial charge in [0, 0.05) is 143 Å². The van der Waals surface area contributed by atoms with Crippen LogP contribution in [-0.4, -0.2) is 149 Å². The molecule has 81 heavy (non-hydrogen) atoms. The Hall–Kier alpha value is -4.69. The van der Waals surface area contributed by atoms with Crippen molar-refractivity contribution in [1.82, 2.24) is 66.9 Å². The highest BCUT2D eigenvalue weighted by molar-refractivity contribution is 8.14. The Morgan fingerprint density at radius 3 is 1.44 bits per heavy atom. The van der Waals surface area contributed by atoms with Crippen molar-refractivity contribution < 1.29 is 0 Å². The molecule has 6 aliphatic heterocycles. The average molecular weight is 1230 g/mol. The first-order valence-corrected chi connectivity index (χ1v) is 31.6. The molecule has 0 saturated carbocycles. The second-order valence-electron chi connectivity index (χ2n) is 21.0. The fraction of sp³-hybridized carbons (Fsp3) is 0.615. The third-order valence-electron chi connectivity index (χ3n) is 15.4. The highest BCUT2D eigenvalue weighted by Gasteiger charge is 2.27. The van der Waals surface area contributed by atoms with Crippen molar-refractivity contribution in [3.63, 3.8) is 0 Å². The molecule has 6 aliphatic rings. The number of aliphatic imine (C=N–C) groups is 3. The molecule has 440 valence electrons.